The third-order valence-corrected chi connectivity index (χ3v) is 8.30. The normalized spacial score (nSPS) is 13.8. The van der Waals surface area contributed by atoms with Crippen molar-refractivity contribution in [3.8, 4) is 0 Å². The summed E-state index contributed by atoms with van der Waals surface area (Å²) in [6, 6.07) is 0. The van der Waals surface area contributed by atoms with Crippen molar-refractivity contribution in [2.24, 2.45) is 0 Å². The maximum atomic E-state index is 11.4. The molecule has 2 nitrogen and oxygen atoms in total. The quantitative estimate of drug-likeness (QED) is 0.447. The molecule has 0 bridgehead atoms. The molecule has 13 heavy (non-hydrogen) atoms. The summed E-state index contributed by atoms with van der Waals surface area (Å²) < 4.78 is 0. The summed E-state index contributed by atoms with van der Waals surface area (Å²) in [4.78, 5) is 22.7. The first-order valence-corrected chi connectivity index (χ1v) is 8.64. The number of hydrogen-bond donors (Lipinski definition) is 0. The van der Waals surface area contributed by atoms with Gasteiger partial charge in [-0.15, -0.1) is 11.4 Å². The Morgan fingerprint density at radius 2 is 1.77 bits per heavy atom. The second-order valence-corrected chi connectivity index (χ2v) is 10.8. The molecule has 0 aromatic heterocycles. The van der Waals surface area contributed by atoms with E-state index in [1.54, 1.807) is 0 Å². The Labute approximate surface area is 102 Å². The van der Waals surface area contributed by atoms with E-state index in [4.69, 9.17) is 0 Å². The molecule has 0 aliphatic rings. The van der Waals surface area contributed by atoms with Crippen molar-refractivity contribution >= 4 is 28.0 Å². The van der Waals surface area contributed by atoms with Crippen molar-refractivity contribution in [3.63, 3.8) is 0 Å². The van der Waals surface area contributed by atoms with Crippen LogP contribution in [0.5, 0.6) is 0 Å². The maximum absolute atomic E-state index is 11.4. The van der Waals surface area contributed by atoms with Gasteiger partial charge >= 0.3 is 19.5 Å². The molecule has 0 amide bonds. The third-order valence-electron chi connectivity index (χ3n) is 1.22. The molecule has 0 aliphatic carbocycles. The molecule has 0 heterocycles. The summed E-state index contributed by atoms with van der Waals surface area (Å²) in [5, 5.41) is 0.365. The van der Waals surface area contributed by atoms with Crippen LogP contribution in [-0.2, 0) is 30.4 Å². The first-order chi connectivity index (χ1) is 5.37. The summed E-state index contributed by atoms with van der Waals surface area (Å²) >= 11 is 1.06. The zero-order valence-electron chi connectivity index (χ0n) is 8.65. The topological polar surface area (TPSA) is 46.1 Å². The van der Waals surface area contributed by atoms with Crippen molar-refractivity contribution in [1.82, 2.24) is 0 Å². The van der Waals surface area contributed by atoms with Crippen molar-refractivity contribution in [2.75, 3.05) is 0 Å². The van der Waals surface area contributed by atoms with Crippen molar-refractivity contribution in [2.45, 2.75) is 44.6 Å². The standard InChI is InChI=1S/C7H16O2PS2.Zn/c1-5-7(4)12-10(8,9)11-6(2)3;/h6-7H,5H2,1-4H3;/q-1;+2. The van der Waals surface area contributed by atoms with E-state index in [0.29, 0.717) is 0 Å². The Hall–Kier alpha value is 1.54. The number of rotatable bonds is 4. The molecular formula is C7H16O2PS2Zn+. The van der Waals surface area contributed by atoms with Gasteiger partial charge in [0.15, 0.2) is 5.25 Å². The predicted octanol–water partition coefficient (Wildman–Crippen LogP) is 1.40. The SMILES string of the molecule is CCC(C)[S+]=P([O-])([O-])SC(C)C.[Zn+2]. The fraction of sp³-hybridized carbons (Fsp3) is 1.00. The fourth-order valence-corrected chi connectivity index (χ4v) is 8.52. The van der Waals surface area contributed by atoms with Crippen molar-refractivity contribution in [1.29, 1.82) is 0 Å². The molecule has 74 valence electrons. The van der Waals surface area contributed by atoms with Crippen molar-refractivity contribution < 1.29 is 29.3 Å². The van der Waals surface area contributed by atoms with Gasteiger partial charge in [-0.3, -0.25) is 0 Å². The second kappa shape index (κ2) is 7.79. The number of hydrogen-bond acceptors (Lipinski definition) is 3. The van der Waals surface area contributed by atoms with Crippen LogP contribution in [0.25, 0.3) is 0 Å². The molecule has 0 fully saturated rings. The molecule has 0 saturated carbocycles. The van der Waals surface area contributed by atoms with Gasteiger partial charge in [-0.1, -0.05) is 20.8 Å². The van der Waals surface area contributed by atoms with E-state index in [-0.39, 0.29) is 30.0 Å². The molecule has 0 aromatic rings. The minimum Gasteiger partial charge on any atom is -0.789 e. The first-order valence-electron chi connectivity index (χ1n) is 4.05. The largest absolute Gasteiger partial charge is 2.00 e. The van der Waals surface area contributed by atoms with Crippen molar-refractivity contribution in [3.05, 3.63) is 0 Å². The van der Waals surface area contributed by atoms with Crippen LogP contribution in [0, 0.1) is 0 Å². The van der Waals surface area contributed by atoms with Crippen LogP contribution in [0.2, 0.25) is 0 Å². The molecule has 0 rings (SSSR count). The molecule has 0 N–H and O–H groups in total. The van der Waals surface area contributed by atoms with Crippen LogP contribution in [0.15, 0.2) is 0 Å². The molecule has 1 atom stereocenters. The second-order valence-electron chi connectivity index (χ2n) is 2.93. The van der Waals surface area contributed by atoms with Crippen LogP contribution < -0.4 is 9.79 Å². The van der Waals surface area contributed by atoms with Gasteiger partial charge in [-0.25, -0.2) is 0 Å². The minimum absolute atomic E-state index is 0. The zero-order valence-corrected chi connectivity index (χ0v) is 14.1. The van der Waals surface area contributed by atoms with Gasteiger partial charge < -0.3 is 9.79 Å². The summed E-state index contributed by atoms with van der Waals surface area (Å²) in [7, 11) is 1.09. The zero-order chi connectivity index (χ0) is 9.78. The van der Waals surface area contributed by atoms with Gasteiger partial charge in [-0.2, -0.15) is 0 Å². The first kappa shape index (κ1) is 17.0. The average molecular weight is 293 g/mol. The van der Waals surface area contributed by atoms with Crippen LogP contribution in [0.4, 0.5) is 0 Å². The molecule has 1 unspecified atom stereocenters. The molecule has 0 aromatic carbocycles. The molecule has 0 radical (unpaired) electrons. The van der Waals surface area contributed by atoms with Gasteiger partial charge in [-0.05, 0) is 6.92 Å². The molecule has 0 aliphatic heterocycles. The molecule has 0 spiro atoms. The minimum atomic E-state index is -3.24. The summed E-state index contributed by atoms with van der Waals surface area (Å²) in [6.45, 7) is 7.73. The monoisotopic (exact) mass is 291 g/mol. The Kier molecular flexibility index (Phi) is 10.2. The molecule has 6 heteroatoms. The van der Waals surface area contributed by atoms with Crippen LogP contribution in [-0.4, -0.2) is 10.5 Å². The average Bonchev–Trinajstić information content (AvgIpc) is 1.83. The van der Waals surface area contributed by atoms with Gasteiger partial charge in [0.05, 0.1) is 0 Å². The van der Waals surface area contributed by atoms with E-state index < -0.39 is 5.69 Å². The Morgan fingerprint density at radius 3 is 2.08 bits per heavy atom. The van der Waals surface area contributed by atoms with E-state index in [1.165, 1.54) is 0 Å². The van der Waals surface area contributed by atoms with Gasteiger partial charge in [0.25, 0.3) is 0 Å². The smallest absolute Gasteiger partial charge is 0.789 e. The fourth-order valence-electron chi connectivity index (χ4n) is 0.578. The maximum Gasteiger partial charge on any atom is 2.00 e. The van der Waals surface area contributed by atoms with Crippen LogP contribution in [0.3, 0.4) is 0 Å². The van der Waals surface area contributed by atoms with E-state index in [0.717, 1.165) is 28.7 Å². The third kappa shape index (κ3) is 9.84. The Bertz CT molecular complexity index is 181. The molecular weight excluding hydrogens is 277 g/mol. The van der Waals surface area contributed by atoms with E-state index >= 15 is 0 Å². The Balaban J connectivity index is 0. The van der Waals surface area contributed by atoms with Gasteiger partial charge in [0, 0.05) is 17.4 Å². The van der Waals surface area contributed by atoms with E-state index in [1.807, 2.05) is 27.7 Å². The summed E-state index contributed by atoms with van der Waals surface area (Å²) in [5.41, 5.74) is -3.24. The summed E-state index contributed by atoms with van der Waals surface area (Å²) in [6.07, 6.45) is 0.898. The predicted molar refractivity (Wildman–Crippen MR) is 56.8 cm³/mol. The van der Waals surface area contributed by atoms with E-state index in [2.05, 4.69) is 0 Å². The van der Waals surface area contributed by atoms with E-state index in [9.17, 15) is 9.79 Å². The van der Waals surface area contributed by atoms with Crippen LogP contribution in [0.1, 0.15) is 34.1 Å². The summed E-state index contributed by atoms with van der Waals surface area (Å²) in [5.74, 6) is 0. The van der Waals surface area contributed by atoms with Gasteiger partial charge in [0.2, 0.25) is 0 Å². The Morgan fingerprint density at radius 1 is 1.31 bits per heavy atom. The van der Waals surface area contributed by atoms with Gasteiger partial charge in [0.1, 0.15) is 10.9 Å². The van der Waals surface area contributed by atoms with Crippen LogP contribution >= 0.6 is 17.1 Å². The molecule has 0 saturated heterocycles.